The van der Waals surface area contributed by atoms with Crippen LogP contribution in [0.15, 0.2) is 22.7 Å². The Hall–Kier alpha value is -0.540. The summed E-state index contributed by atoms with van der Waals surface area (Å²) in [6, 6.07) is 6.64. The minimum absolute atomic E-state index is 0.380. The molecule has 1 N–H and O–H groups in total. The lowest BCUT2D eigenvalue weighted by Gasteiger charge is -2.35. The number of anilines is 1. The molecule has 1 aliphatic carbocycles. The van der Waals surface area contributed by atoms with Gasteiger partial charge in [-0.2, -0.15) is 0 Å². The molecule has 1 saturated heterocycles. The van der Waals surface area contributed by atoms with E-state index in [9.17, 15) is 0 Å². The molecule has 19 heavy (non-hydrogen) atoms. The Labute approximate surface area is 124 Å². The highest BCUT2D eigenvalue weighted by atomic mass is 79.9. The maximum absolute atomic E-state index is 3.84. The molecule has 0 aromatic heterocycles. The van der Waals surface area contributed by atoms with E-state index in [0.29, 0.717) is 5.54 Å². The van der Waals surface area contributed by atoms with Crippen LogP contribution in [0.4, 0.5) is 5.69 Å². The summed E-state index contributed by atoms with van der Waals surface area (Å²) in [6.45, 7) is 5.74. The van der Waals surface area contributed by atoms with Crippen molar-refractivity contribution in [3.63, 3.8) is 0 Å². The maximum Gasteiger partial charge on any atom is 0.0407 e. The minimum Gasteiger partial charge on any atom is -0.369 e. The van der Waals surface area contributed by atoms with E-state index in [0.717, 1.165) is 0 Å². The molecule has 3 heteroatoms. The Morgan fingerprint density at radius 2 is 2.00 bits per heavy atom. The highest BCUT2D eigenvalue weighted by Gasteiger charge is 2.36. The van der Waals surface area contributed by atoms with Crippen molar-refractivity contribution in [2.24, 2.45) is 0 Å². The zero-order valence-corrected chi connectivity index (χ0v) is 13.3. The van der Waals surface area contributed by atoms with E-state index in [4.69, 9.17) is 0 Å². The number of aryl methyl sites for hydroxylation is 1. The highest BCUT2D eigenvalue weighted by Crippen LogP contribution is 2.34. The first-order valence-corrected chi connectivity index (χ1v) is 8.24. The van der Waals surface area contributed by atoms with Crippen molar-refractivity contribution in [2.75, 3.05) is 24.5 Å². The van der Waals surface area contributed by atoms with Crippen LogP contribution in [0, 0.1) is 6.92 Å². The number of hydrogen-bond donors (Lipinski definition) is 1. The third kappa shape index (κ3) is 2.82. The molecule has 0 bridgehead atoms. The summed E-state index contributed by atoms with van der Waals surface area (Å²) in [7, 11) is 0. The number of nitrogens with zero attached hydrogens (tertiary/aromatic N) is 1. The molecule has 1 aromatic carbocycles. The number of halogens is 1. The lowest BCUT2D eigenvalue weighted by Crippen LogP contribution is -2.49. The summed E-state index contributed by atoms with van der Waals surface area (Å²) in [5.41, 5.74) is 3.17. The quantitative estimate of drug-likeness (QED) is 0.844. The van der Waals surface area contributed by atoms with Crippen molar-refractivity contribution < 1.29 is 0 Å². The van der Waals surface area contributed by atoms with Crippen LogP contribution >= 0.6 is 15.9 Å². The lowest BCUT2D eigenvalue weighted by atomic mass is 9.96. The fraction of sp³-hybridized carbons (Fsp3) is 0.625. The third-order valence-electron chi connectivity index (χ3n) is 4.67. The molecule has 0 unspecified atom stereocenters. The molecule has 3 rings (SSSR count). The summed E-state index contributed by atoms with van der Waals surface area (Å²) < 4.78 is 1.19. The standard InChI is InChI=1S/C16H23BrN2/c1-13-5-6-14(17)11-15(13)19-10-4-9-18-16(12-19)7-2-3-8-16/h5-6,11,18H,2-4,7-10,12H2,1H3. The molecular weight excluding hydrogens is 300 g/mol. The summed E-state index contributed by atoms with van der Waals surface area (Å²) in [4.78, 5) is 2.60. The van der Waals surface area contributed by atoms with Crippen LogP contribution in [-0.4, -0.2) is 25.2 Å². The Bertz CT molecular complexity index is 452. The molecular formula is C16H23BrN2. The normalized spacial score (nSPS) is 22.7. The van der Waals surface area contributed by atoms with Crippen LogP contribution in [0.3, 0.4) is 0 Å². The van der Waals surface area contributed by atoms with Gasteiger partial charge in [0.05, 0.1) is 0 Å². The van der Waals surface area contributed by atoms with E-state index < -0.39 is 0 Å². The minimum atomic E-state index is 0.380. The van der Waals surface area contributed by atoms with Gasteiger partial charge in [0.15, 0.2) is 0 Å². The van der Waals surface area contributed by atoms with Crippen LogP contribution in [0.25, 0.3) is 0 Å². The van der Waals surface area contributed by atoms with Crippen LogP contribution in [-0.2, 0) is 0 Å². The number of nitrogens with one attached hydrogen (secondary N) is 1. The molecule has 2 nitrogen and oxygen atoms in total. The van der Waals surface area contributed by atoms with Crippen molar-refractivity contribution >= 4 is 21.6 Å². The molecule has 1 heterocycles. The van der Waals surface area contributed by atoms with Gasteiger partial charge in [-0.15, -0.1) is 0 Å². The van der Waals surface area contributed by atoms with Crippen LogP contribution in [0.2, 0.25) is 0 Å². The highest BCUT2D eigenvalue weighted by molar-refractivity contribution is 9.10. The van der Waals surface area contributed by atoms with Gasteiger partial charge < -0.3 is 10.2 Å². The summed E-state index contributed by atoms with van der Waals surface area (Å²) >= 11 is 3.62. The van der Waals surface area contributed by atoms with Gasteiger partial charge in [-0.25, -0.2) is 0 Å². The van der Waals surface area contributed by atoms with Crippen LogP contribution in [0.5, 0.6) is 0 Å². The zero-order valence-electron chi connectivity index (χ0n) is 11.7. The fourth-order valence-corrected chi connectivity index (χ4v) is 3.99. The molecule has 2 fully saturated rings. The molecule has 0 radical (unpaired) electrons. The third-order valence-corrected chi connectivity index (χ3v) is 5.16. The summed E-state index contributed by atoms with van der Waals surface area (Å²) in [5.74, 6) is 0. The molecule has 1 aromatic rings. The molecule has 1 saturated carbocycles. The van der Waals surface area contributed by atoms with Gasteiger partial charge in [0.1, 0.15) is 0 Å². The van der Waals surface area contributed by atoms with Crippen LogP contribution < -0.4 is 10.2 Å². The second kappa shape index (κ2) is 5.45. The average molecular weight is 323 g/mol. The first-order valence-electron chi connectivity index (χ1n) is 7.45. The Balaban J connectivity index is 1.88. The molecule has 2 aliphatic rings. The van der Waals surface area contributed by atoms with Gasteiger partial charge in [0.2, 0.25) is 0 Å². The van der Waals surface area contributed by atoms with E-state index in [1.165, 1.54) is 67.5 Å². The Morgan fingerprint density at radius 1 is 1.21 bits per heavy atom. The van der Waals surface area contributed by atoms with Gasteiger partial charge in [-0.3, -0.25) is 0 Å². The summed E-state index contributed by atoms with van der Waals surface area (Å²) in [6.07, 6.45) is 6.71. The van der Waals surface area contributed by atoms with Gasteiger partial charge in [0.25, 0.3) is 0 Å². The molecule has 1 aliphatic heterocycles. The SMILES string of the molecule is Cc1ccc(Br)cc1N1CCCNC2(CCCC2)C1. The zero-order chi connectivity index (χ0) is 13.3. The lowest BCUT2D eigenvalue weighted by molar-refractivity contribution is 0.354. The number of rotatable bonds is 1. The van der Waals surface area contributed by atoms with E-state index >= 15 is 0 Å². The van der Waals surface area contributed by atoms with E-state index in [-0.39, 0.29) is 0 Å². The molecule has 0 atom stereocenters. The van der Waals surface area contributed by atoms with Gasteiger partial charge in [0, 0.05) is 28.8 Å². The average Bonchev–Trinajstić information content (AvgIpc) is 2.74. The molecule has 1 spiro atoms. The second-order valence-electron chi connectivity index (χ2n) is 6.12. The fourth-order valence-electron chi connectivity index (χ4n) is 3.64. The Kier molecular flexibility index (Phi) is 3.86. The predicted octanol–water partition coefficient (Wildman–Crippen LogP) is 3.87. The first-order chi connectivity index (χ1) is 9.19. The largest absolute Gasteiger partial charge is 0.369 e. The van der Waals surface area contributed by atoms with Crippen molar-refractivity contribution in [2.45, 2.75) is 44.6 Å². The Morgan fingerprint density at radius 3 is 2.79 bits per heavy atom. The van der Waals surface area contributed by atoms with Crippen LogP contribution in [0.1, 0.15) is 37.7 Å². The first kappa shape index (κ1) is 13.4. The maximum atomic E-state index is 3.84. The summed E-state index contributed by atoms with van der Waals surface area (Å²) in [5, 5.41) is 3.84. The monoisotopic (exact) mass is 322 g/mol. The van der Waals surface area contributed by atoms with E-state index in [2.05, 4.69) is 51.3 Å². The number of hydrogen-bond acceptors (Lipinski definition) is 2. The number of benzene rings is 1. The van der Waals surface area contributed by atoms with E-state index in [1.54, 1.807) is 0 Å². The second-order valence-corrected chi connectivity index (χ2v) is 7.04. The van der Waals surface area contributed by atoms with Gasteiger partial charge >= 0.3 is 0 Å². The van der Waals surface area contributed by atoms with Gasteiger partial charge in [-0.05, 0) is 50.4 Å². The topological polar surface area (TPSA) is 15.3 Å². The van der Waals surface area contributed by atoms with Crippen molar-refractivity contribution in [1.29, 1.82) is 0 Å². The molecule has 104 valence electrons. The van der Waals surface area contributed by atoms with Gasteiger partial charge in [-0.1, -0.05) is 34.8 Å². The van der Waals surface area contributed by atoms with Crippen molar-refractivity contribution in [3.8, 4) is 0 Å². The van der Waals surface area contributed by atoms with E-state index in [1.807, 2.05) is 0 Å². The molecule has 0 amide bonds. The van der Waals surface area contributed by atoms with Crippen molar-refractivity contribution in [1.82, 2.24) is 5.32 Å². The van der Waals surface area contributed by atoms with Crippen molar-refractivity contribution in [3.05, 3.63) is 28.2 Å². The smallest absolute Gasteiger partial charge is 0.0407 e. The predicted molar refractivity (Wildman–Crippen MR) is 84.9 cm³/mol.